The number of aromatic amines is 1. The maximum absolute atomic E-state index is 9.72. The van der Waals surface area contributed by atoms with Crippen LogP contribution in [-0.2, 0) is 0 Å². The number of nitrogens with one attached hydrogen (secondary N) is 1. The van der Waals surface area contributed by atoms with Crippen LogP contribution in [0.5, 0.6) is 0 Å². The minimum atomic E-state index is -0.280. The molecule has 4 aromatic rings. The van der Waals surface area contributed by atoms with Gasteiger partial charge in [-0.25, -0.2) is 9.97 Å². The Morgan fingerprint density at radius 2 is 1.94 bits per heavy atom. The molecule has 0 saturated carbocycles. The summed E-state index contributed by atoms with van der Waals surface area (Å²) in [5.74, 6) is 0.709. The molecule has 0 amide bonds. The number of imidazole rings is 1. The van der Waals surface area contributed by atoms with Crippen molar-refractivity contribution in [2.45, 2.75) is 26.3 Å². The van der Waals surface area contributed by atoms with Gasteiger partial charge in [-0.1, -0.05) is 40.9 Å². The highest BCUT2D eigenvalue weighted by Crippen LogP contribution is 2.43. The van der Waals surface area contributed by atoms with Crippen LogP contribution in [0.25, 0.3) is 33.5 Å². The van der Waals surface area contributed by atoms with Crippen LogP contribution in [0.15, 0.2) is 42.6 Å². The van der Waals surface area contributed by atoms with Crippen LogP contribution in [0.2, 0.25) is 5.02 Å². The molecule has 2 aromatic heterocycles. The van der Waals surface area contributed by atoms with E-state index in [2.05, 4.69) is 53.0 Å². The lowest BCUT2D eigenvalue weighted by Crippen LogP contribution is -2.47. The van der Waals surface area contributed by atoms with Crippen molar-refractivity contribution >= 4 is 34.1 Å². The van der Waals surface area contributed by atoms with E-state index in [1.165, 1.54) is 0 Å². The summed E-state index contributed by atoms with van der Waals surface area (Å²) in [7, 11) is 0. The van der Waals surface area contributed by atoms with Gasteiger partial charge in [0.15, 0.2) is 0 Å². The molecule has 1 aliphatic heterocycles. The van der Waals surface area contributed by atoms with Gasteiger partial charge in [-0.3, -0.25) is 0 Å². The minimum absolute atomic E-state index is 0.151. The average molecular weight is 472 g/mol. The third-order valence-electron chi connectivity index (χ3n) is 6.44. The first-order chi connectivity index (χ1) is 16.3. The number of nitrogen functional groups attached to an aromatic ring is 1. The van der Waals surface area contributed by atoms with Gasteiger partial charge in [0.2, 0.25) is 0 Å². The van der Waals surface area contributed by atoms with Gasteiger partial charge in [0.25, 0.3) is 0 Å². The summed E-state index contributed by atoms with van der Waals surface area (Å²) in [6, 6.07) is 14.2. The van der Waals surface area contributed by atoms with E-state index >= 15 is 0 Å². The van der Waals surface area contributed by atoms with Crippen LogP contribution in [-0.4, -0.2) is 34.1 Å². The predicted molar refractivity (Wildman–Crippen MR) is 138 cm³/mol. The number of anilines is 2. The summed E-state index contributed by atoms with van der Waals surface area (Å²) in [5, 5.41) is 10.3. The standard InChI is InChI=1S/C26H26ClN7/c1-14-7-15(2)9-16(8-14)19-12-31-25(30)23(24(19)34-6-5-20(29)17(11-28)13-34)26-32-21-4-3-18(27)10-22(21)33-26/h3-4,7-10,12,17,20H,5-6,13,29H2,1-2H3,(H2,30,31)(H,32,33)/t17-,20-/m0/s1. The summed E-state index contributed by atoms with van der Waals surface area (Å²) in [6.07, 6.45) is 2.53. The maximum Gasteiger partial charge on any atom is 0.144 e. The molecule has 0 radical (unpaired) electrons. The van der Waals surface area contributed by atoms with Gasteiger partial charge in [-0.05, 0) is 44.0 Å². The van der Waals surface area contributed by atoms with E-state index in [0.717, 1.165) is 44.5 Å². The molecule has 2 atom stereocenters. The molecule has 1 saturated heterocycles. The molecule has 8 heteroatoms. The lowest BCUT2D eigenvalue weighted by Gasteiger charge is -2.37. The van der Waals surface area contributed by atoms with Gasteiger partial charge in [0.05, 0.1) is 34.3 Å². The van der Waals surface area contributed by atoms with Crippen LogP contribution in [0.1, 0.15) is 17.5 Å². The zero-order valence-corrected chi connectivity index (χ0v) is 19.9. The highest BCUT2D eigenvalue weighted by molar-refractivity contribution is 6.31. The van der Waals surface area contributed by atoms with Crippen LogP contribution in [0.3, 0.4) is 0 Å². The lowest BCUT2D eigenvalue weighted by molar-refractivity contribution is 0.424. The van der Waals surface area contributed by atoms with Gasteiger partial charge in [0.1, 0.15) is 11.6 Å². The van der Waals surface area contributed by atoms with Crippen molar-refractivity contribution in [3.8, 4) is 28.6 Å². The third kappa shape index (κ3) is 3.96. The minimum Gasteiger partial charge on any atom is -0.383 e. The Hall–Kier alpha value is -3.60. The molecule has 0 spiro atoms. The number of benzene rings is 2. The first-order valence-corrected chi connectivity index (χ1v) is 11.6. The van der Waals surface area contributed by atoms with Crippen molar-refractivity contribution in [2.75, 3.05) is 23.7 Å². The van der Waals surface area contributed by atoms with Gasteiger partial charge in [-0.15, -0.1) is 0 Å². The molecular weight excluding hydrogens is 446 g/mol. The summed E-state index contributed by atoms with van der Waals surface area (Å²) < 4.78 is 0. The molecule has 7 nitrogen and oxygen atoms in total. The molecule has 3 heterocycles. The highest BCUT2D eigenvalue weighted by atomic mass is 35.5. The van der Waals surface area contributed by atoms with Crippen molar-refractivity contribution in [1.29, 1.82) is 5.26 Å². The zero-order valence-electron chi connectivity index (χ0n) is 19.1. The number of pyridine rings is 1. The van der Waals surface area contributed by atoms with Crippen molar-refractivity contribution in [3.63, 3.8) is 0 Å². The predicted octanol–water partition coefficient (Wildman–Crippen LogP) is 4.82. The topological polar surface area (TPSA) is 121 Å². The van der Waals surface area contributed by atoms with Gasteiger partial charge in [0, 0.05) is 35.9 Å². The Balaban J connectivity index is 1.77. The van der Waals surface area contributed by atoms with E-state index in [1.54, 1.807) is 0 Å². The average Bonchev–Trinajstić information content (AvgIpc) is 3.21. The molecular formula is C26H26ClN7. The third-order valence-corrected chi connectivity index (χ3v) is 6.68. The van der Waals surface area contributed by atoms with E-state index in [0.29, 0.717) is 36.2 Å². The Bertz CT molecular complexity index is 1420. The molecule has 0 bridgehead atoms. The van der Waals surface area contributed by atoms with Gasteiger partial charge in [-0.2, -0.15) is 5.26 Å². The summed E-state index contributed by atoms with van der Waals surface area (Å²) >= 11 is 6.20. The Morgan fingerprint density at radius 1 is 1.18 bits per heavy atom. The fourth-order valence-electron chi connectivity index (χ4n) is 4.83. The fourth-order valence-corrected chi connectivity index (χ4v) is 5.00. The second-order valence-electron chi connectivity index (χ2n) is 9.04. The number of aryl methyl sites for hydroxylation is 2. The number of fused-ring (bicyclic) bond motifs is 1. The SMILES string of the molecule is Cc1cc(C)cc(-c2cnc(N)c(-c3nc4ccc(Cl)cc4[nH]3)c2N2CC[C@H](N)[C@@H](C#N)C2)c1. The second-order valence-corrected chi connectivity index (χ2v) is 9.47. The van der Waals surface area contributed by atoms with Gasteiger partial charge >= 0.3 is 0 Å². The van der Waals surface area contributed by atoms with Crippen LogP contribution < -0.4 is 16.4 Å². The second kappa shape index (κ2) is 8.64. The fraction of sp³-hybridized carbons (Fsp3) is 0.269. The molecule has 34 heavy (non-hydrogen) atoms. The highest BCUT2D eigenvalue weighted by Gasteiger charge is 2.31. The number of hydrogen-bond donors (Lipinski definition) is 3. The number of nitrogens with zero attached hydrogens (tertiary/aromatic N) is 4. The van der Waals surface area contributed by atoms with E-state index in [-0.39, 0.29) is 12.0 Å². The summed E-state index contributed by atoms with van der Waals surface area (Å²) in [4.78, 5) is 15.0. The van der Waals surface area contributed by atoms with Crippen molar-refractivity contribution in [3.05, 3.63) is 58.7 Å². The number of halogens is 1. The maximum atomic E-state index is 9.72. The number of H-pyrrole nitrogens is 1. The van der Waals surface area contributed by atoms with E-state index < -0.39 is 0 Å². The monoisotopic (exact) mass is 471 g/mol. The zero-order chi connectivity index (χ0) is 24.0. The molecule has 0 unspecified atom stereocenters. The molecule has 1 fully saturated rings. The van der Waals surface area contributed by atoms with Gasteiger partial charge < -0.3 is 21.4 Å². The van der Waals surface area contributed by atoms with E-state index in [4.69, 9.17) is 28.1 Å². The Morgan fingerprint density at radius 3 is 2.68 bits per heavy atom. The molecule has 1 aliphatic rings. The smallest absolute Gasteiger partial charge is 0.144 e. The molecule has 5 rings (SSSR count). The molecule has 5 N–H and O–H groups in total. The van der Waals surface area contributed by atoms with Crippen molar-refractivity contribution in [2.24, 2.45) is 11.7 Å². The summed E-state index contributed by atoms with van der Waals surface area (Å²) in [6.45, 7) is 5.38. The quantitative estimate of drug-likeness (QED) is 0.394. The lowest BCUT2D eigenvalue weighted by atomic mass is 9.91. The van der Waals surface area contributed by atoms with Crippen LogP contribution >= 0.6 is 11.6 Å². The first-order valence-electron chi connectivity index (χ1n) is 11.3. The number of nitrogens with two attached hydrogens (primary N) is 2. The van der Waals surface area contributed by atoms with Crippen LogP contribution in [0.4, 0.5) is 11.5 Å². The number of rotatable bonds is 3. The first kappa shape index (κ1) is 22.2. The Kier molecular flexibility index (Phi) is 5.64. The number of piperidine rings is 1. The van der Waals surface area contributed by atoms with Crippen molar-refractivity contribution < 1.29 is 0 Å². The number of aromatic nitrogens is 3. The van der Waals surface area contributed by atoms with Crippen LogP contribution in [0, 0.1) is 31.1 Å². The normalized spacial score (nSPS) is 18.3. The number of hydrogen-bond acceptors (Lipinski definition) is 6. The summed E-state index contributed by atoms with van der Waals surface area (Å²) in [5.41, 5.74) is 20.3. The van der Waals surface area contributed by atoms with Crippen molar-refractivity contribution in [1.82, 2.24) is 15.0 Å². The molecule has 2 aromatic carbocycles. The Labute approximate surface area is 203 Å². The molecule has 0 aliphatic carbocycles. The number of nitriles is 1. The molecule has 172 valence electrons. The van der Waals surface area contributed by atoms with E-state index in [1.807, 2.05) is 24.4 Å². The largest absolute Gasteiger partial charge is 0.383 e. The van der Waals surface area contributed by atoms with E-state index in [9.17, 15) is 5.26 Å².